The van der Waals surface area contributed by atoms with Crippen LogP contribution in [0.15, 0.2) is 11.8 Å². The largest absolute Gasteiger partial charge is 0.469 e. The fraction of sp³-hybridized carbons (Fsp3) is 0.700. The van der Waals surface area contributed by atoms with E-state index in [9.17, 15) is 4.79 Å². The SMILES string of the molecule is CCCCO[C@H]1CC(=O)C=C(C)O1. The second-order valence-corrected chi connectivity index (χ2v) is 3.20. The Kier molecular flexibility index (Phi) is 3.96. The summed E-state index contributed by atoms with van der Waals surface area (Å²) in [6, 6.07) is 0. The number of ether oxygens (including phenoxy) is 2. The molecule has 0 aliphatic carbocycles. The summed E-state index contributed by atoms with van der Waals surface area (Å²) in [7, 11) is 0. The standard InChI is InChI=1S/C10H16O3/c1-3-4-5-12-10-7-9(11)6-8(2)13-10/h6,10H,3-5,7H2,1-2H3/t10-/m1/s1. The molecule has 0 aromatic heterocycles. The Balaban J connectivity index is 2.29. The van der Waals surface area contributed by atoms with Gasteiger partial charge in [-0.15, -0.1) is 0 Å². The first kappa shape index (κ1) is 10.3. The Bertz CT molecular complexity index is 208. The van der Waals surface area contributed by atoms with Crippen LogP contribution in [-0.2, 0) is 14.3 Å². The van der Waals surface area contributed by atoms with Gasteiger partial charge in [-0.05, 0) is 13.3 Å². The van der Waals surface area contributed by atoms with Gasteiger partial charge in [-0.25, -0.2) is 0 Å². The topological polar surface area (TPSA) is 35.5 Å². The molecule has 0 aromatic carbocycles. The van der Waals surface area contributed by atoms with Crippen molar-refractivity contribution >= 4 is 5.78 Å². The number of hydrogen-bond acceptors (Lipinski definition) is 3. The zero-order chi connectivity index (χ0) is 9.68. The van der Waals surface area contributed by atoms with Crippen LogP contribution in [0.2, 0.25) is 0 Å². The van der Waals surface area contributed by atoms with Crippen molar-refractivity contribution in [2.45, 2.75) is 39.4 Å². The van der Waals surface area contributed by atoms with Crippen molar-refractivity contribution in [1.29, 1.82) is 0 Å². The molecule has 3 heteroatoms. The van der Waals surface area contributed by atoms with Gasteiger partial charge in [0.15, 0.2) is 5.78 Å². The Morgan fingerprint density at radius 1 is 1.69 bits per heavy atom. The zero-order valence-electron chi connectivity index (χ0n) is 8.21. The Hall–Kier alpha value is -0.830. The van der Waals surface area contributed by atoms with Gasteiger partial charge in [0.05, 0.1) is 18.8 Å². The number of carbonyl (C=O) groups excluding carboxylic acids is 1. The fourth-order valence-corrected chi connectivity index (χ4v) is 1.18. The molecule has 0 spiro atoms. The maximum Gasteiger partial charge on any atom is 0.206 e. The molecule has 0 fully saturated rings. The molecule has 3 nitrogen and oxygen atoms in total. The van der Waals surface area contributed by atoms with Gasteiger partial charge in [0.25, 0.3) is 0 Å². The third kappa shape index (κ3) is 3.59. The summed E-state index contributed by atoms with van der Waals surface area (Å²) in [5.41, 5.74) is 0. The van der Waals surface area contributed by atoms with Gasteiger partial charge in [0.2, 0.25) is 6.29 Å². The van der Waals surface area contributed by atoms with Crippen molar-refractivity contribution in [3.63, 3.8) is 0 Å². The molecule has 0 amide bonds. The zero-order valence-corrected chi connectivity index (χ0v) is 8.21. The first-order valence-electron chi connectivity index (χ1n) is 4.71. The number of carbonyl (C=O) groups is 1. The minimum Gasteiger partial charge on any atom is -0.469 e. The van der Waals surface area contributed by atoms with Crippen LogP contribution < -0.4 is 0 Å². The van der Waals surface area contributed by atoms with Crippen LogP contribution in [0, 0.1) is 0 Å². The summed E-state index contributed by atoms with van der Waals surface area (Å²) in [4.78, 5) is 11.1. The number of hydrogen-bond donors (Lipinski definition) is 0. The predicted molar refractivity (Wildman–Crippen MR) is 49.1 cm³/mol. The summed E-state index contributed by atoms with van der Waals surface area (Å²) >= 11 is 0. The van der Waals surface area contributed by atoms with E-state index in [2.05, 4.69) is 6.92 Å². The molecule has 1 atom stereocenters. The van der Waals surface area contributed by atoms with Gasteiger partial charge in [-0.2, -0.15) is 0 Å². The van der Waals surface area contributed by atoms with Crippen LogP contribution in [0.4, 0.5) is 0 Å². The third-order valence-electron chi connectivity index (χ3n) is 1.85. The summed E-state index contributed by atoms with van der Waals surface area (Å²) < 4.78 is 10.7. The molecule has 1 aliphatic rings. The Morgan fingerprint density at radius 2 is 2.46 bits per heavy atom. The highest BCUT2D eigenvalue weighted by Gasteiger charge is 2.19. The number of ketones is 1. The van der Waals surface area contributed by atoms with Gasteiger partial charge in [0, 0.05) is 6.08 Å². The molecule has 0 unspecified atom stereocenters. The molecule has 0 radical (unpaired) electrons. The maximum absolute atomic E-state index is 11.1. The highest BCUT2D eigenvalue weighted by atomic mass is 16.7. The molecule has 0 aromatic rings. The van der Waals surface area contributed by atoms with Crippen molar-refractivity contribution < 1.29 is 14.3 Å². The second-order valence-electron chi connectivity index (χ2n) is 3.20. The lowest BCUT2D eigenvalue weighted by Gasteiger charge is -2.22. The molecule has 1 heterocycles. The molecule has 0 N–H and O–H groups in total. The van der Waals surface area contributed by atoms with Crippen LogP contribution in [0.3, 0.4) is 0 Å². The molecule has 0 saturated heterocycles. The number of allylic oxidation sites excluding steroid dienone is 2. The van der Waals surface area contributed by atoms with Crippen LogP contribution in [0.25, 0.3) is 0 Å². The maximum atomic E-state index is 11.1. The monoisotopic (exact) mass is 184 g/mol. The minimum absolute atomic E-state index is 0.0882. The lowest BCUT2D eigenvalue weighted by molar-refractivity contribution is -0.145. The van der Waals surface area contributed by atoms with Crippen LogP contribution in [0.1, 0.15) is 33.1 Å². The second kappa shape index (κ2) is 5.02. The van der Waals surface area contributed by atoms with E-state index in [1.165, 1.54) is 6.08 Å². The van der Waals surface area contributed by atoms with Gasteiger partial charge in [0.1, 0.15) is 0 Å². The summed E-state index contributed by atoms with van der Waals surface area (Å²) in [6.45, 7) is 4.54. The molecular weight excluding hydrogens is 168 g/mol. The van der Waals surface area contributed by atoms with Gasteiger partial charge < -0.3 is 9.47 Å². The summed E-state index contributed by atoms with van der Waals surface area (Å²) in [5.74, 6) is 0.739. The highest BCUT2D eigenvalue weighted by Crippen LogP contribution is 2.15. The van der Waals surface area contributed by atoms with Crippen molar-refractivity contribution in [2.24, 2.45) is 0 Å². The smallest absolute Gasteiger partial charge is 0.206 e. The van der Waals surface area contributed by atoms with Crippen LogP contribution in [-0.4, -0.2) is 18.7 Å². The van der Waals surface area contributed by atoms with E-state index in [0.29, 0.717) is 18.8 Å². The normalized spacial score (nSPS) is 22.5. The highest BCUT2D eigenvalue weighted by molar-refractivity contribution is 5.90. The number of rotatable bonds is 4. The van der Waals surface area contributed by atoms with Crippen LogP contribution in [0.5, 0.6) is 0 Å². The molecule has 0 saturated carbocycles. The van der Waals surface area contributed by atoms with Gasteiger partial charge in [-0.1, -0.05) is 13.3 Å². The predicted octanol–water partition coefficient (Wildman–Crippen LogP) is 2.02. The van der Waals surface area contributed by atoms with E-state index in [4.69, 9.17) is 9.47 Å². The fourth-order valence-electron chi connectivity index (χ4n) is 1.18. The molecule has 74 valence electrons. The van der Waals surface area contributed by atoms with Crippen LogP contribution >= 0.6 is 0 Å². The van der Waals surface area contributed by atoms with Crippen molar-refractivity contribution in [2.75, 3.05) is 6.61 Å². The van der Waals surface area contributed by atoms with Gasteiger partial charge in [-0.3, -0.25) is 4.79 Å². The first-order chi connectivity index (χ1) is 6.22. The summed E-state index contributed by atoms with van der Waals surface area (Å²) in [6.07, 6.45) is 3.61. The van der Waals surface area contributed by atoms with Crippen molar-refractivity contribution in [3.05, 3.63) is 11.8 Å². The number of unbranched alkanes of at least 4 members (excludes halogenated alkanes) is 1. The molecule has 1 aliphatic heterocycles. The average molecular weight is 184 g/mol. The van der Waals surface area contributed by atoms with E-state index >= 15 is 0 Å². The summed E-state index contributed by atoms with van der Waals surface area (Å²) in [5, 5.41) is 0. The van der Waals surface area contributed by atoms with Crippen molar-refractivity contribution in [3.8, 4) is 0 Å². The van der Waals surface area contributed by atoms with Gasteiger partial charge >= 0.3 is 0 Å². The lowest BCUT2D eigenvalue weighted by Crippen LogP contribution is -2.24. The van der Waals surface area contributed by atoms with E-state index in [1.54, 1.807) is 6.92 Å². The molecule has 0 bridgehead atoms. The molecular formula is C10H16O3. The first-order valence-corrected chi connectivity index (χ1v) is 4.71. The Labute approximate surface area is 78.7 Å². The molecule has 1 rings (SSSR count). The van der Waals surface area contributed by atoms with Crippen molar-refractivity contribution in [1.82, 2.24) is 0 Å². The molecule has 13 heavy (non-hydrogen) atoms. The lowest BCUT2D eigenvalue weighted by atomic mass is 10.2. The van der Waals surface area contributed by atoms with E-state index < -0.39 is 0 Å². The van der Waals surface area contributed by atoms with E-state index in [1.807, 2.05) is 0 Å². The quantitative estimate of drug-likeness (QED) is 0.627. The third-order valence-corrected chi connectivity index (χ3v) is 1.85. The van der Waals surface area contributed by atoms with E-state index in [-0.39, 0.29) is 12.1 Å². The minimum atomic E-state index is -0.357. The van der Waals surface area contributed by atoms with E-state index in [0.717, 1.165) is 12.8 Å². The average Bonchev–Trinajstić information content (AvgIpc) is 2.03. The Morgan fingerprint density at radius 3 is 3.08 bits per heavy atom.